The summed E-state index contributed by atoms with van der Waals surface area (Å²) in [4.78, 5) is 1.92. The van der Waals surface area contributed by atoms with Crippen LogP contribution in [-0.4, -0.2) is 31.1 Å². The molecular formula is C11H13F3N2. The Hall–Kier alpha value is -1.07. The highest BCUT2D eigenvalue weighted by Gasteiger charge is 2.22. The molecule has 1 N–H and O–H groups in total. The van der Waals surface area contributed by atoms with Crippen LogP contribution in [0, 0.1) is 17.5 Å². The number of benzene rings is 1. The Morgan fingerprint density at radius 3 is 2.38 bits per heavy atom. The third kappa shape index (κ3) is 2.20. The lowest BCUT2D eigenvalue weighted by molar-refractivity contribution is 0.171. The van der Waals surface area contributed by atoms with Crippen molar-refractivity contribution < 1.29 is 13.2 Å². The van der Waals surface area contributed by atoms with E-state index in [4.69, 9.17) is 0 Å². The average molecular weight is 230 g/mol. The highest BCUT2D eigenvalue weighted by atomic mass is 19.2. The molecule has 1 aliphatic heterocycles. The van der Waals surface area contributed by atoms with Gasteiger partial charge in [0.25, 0.3) is 0 Å². The van der Waals surface area contributed by atoms with Gasteiger partial charge in [0.05, 0.1) is 0 Å². The van der Waals surface area contributed by atoms with Crippen LogP contribution >= 0.6 is 0 Å². The van der Waals surface area contributed by atoms with Gasteiger partial charge in [-0.3, -0.25) is 4.90 Å². The van der Waals surface area contributed by atoms with Crippen molar-refractivity contribution in [1.29, 1.82) is 0 Å². The third-order valence-corrected chi connectivity index (χ3v) is 2.89. The van der Waals surface area contributed by atoms with Crippen molar-refractivity contribution in [3.63, 3.8) is 0 Å². The fourth-order valence-corrected chi connectivity index (χ4v) is 1.67. The fourth-order valence-electron chi connectivity index (χ4n) is 1.67. The molecule has 2 rings (SSSR count). The first-order valence-electron chi connectivity index (χ1n) is 5.12. The second-order valence-corrected chi connectivity index (χ2v) is 4.08. The van der Waals surface area contributed by atoms with Crippen LogP contribution in [0.4, 0.5) is 13.2 Å². The van der Waals surface area contributed by atoms with Gasteiger partial charge in [-0.2, -0.15) is 0 Å². The number of nitrogens with zero attached hydrogens (tertiary/aromatic N) is 1. The molecule has 1 aliphatic rings. The molecule has 2 nitrogen and oxygen atoms in total. The van der Waals surface area contributed by atoms with Crippen molar-refractivity contribution in [3.05, 3.63) is 35.1 Å². The first kappa shape index (κ1) is 11.4. The summed E-state index contributed by atoms with van der Waals surface area (Å²) in [6, 6.07) is 1.86. The van der Waals surface area contributed by atoms with E-state index in [0.29, 0.717) is 12.1 Å². The van der Waals surface area contributed by atoms with Gasteiger partial charge >= 0.3 is 0 Å². The Kier molecular flexibility index (Phi) is 3.16. The summed E-state index contributed by atoms with van der Waals surface area (Å²) in [5.74, 6) is -2.84. The van der Waals surface area contributed by atoms with Gasteiger partial charge in [-0.1, -0.05) is 0 Å². The van der Waals surface area contributed by atoms with E-state index in [9.17, 15) is 13.2 Å². The first-order chi connectivity index (χ1) is 7.58. The van der Waals surface area contributed by atoms with Crippen LogP contribution < -0.4 is 5.32 Å². The van der Waals surface area contributed by atoms with Crippen molar-refractivity contribution in [2.24, 2.45) is 0 Å². The summed E-state index contributed by atoms with van der Waals surface area (Å²) in [6.45, 7) is 1.99. The molecule has 5 heteroatoms. The zero-order valence-electron chi connectivity index (χ0n) is 8.93. The van der Waals surface area contributed by atoms with E-state index in [1.165, 1.54) is 0 Å². The second-order valence-electron chi connectivity index (χ2n) is 4.08. The molecule has 16 heavy (non-hydrogen) atoms. The van der Waals surface area contributed by atoms with Crippen LogP contribution in [0.2, 0.25) is 0 Å². The summed E-state index contributed by atoms with van der Waals surface area (Å²) < 4.78 is 39.0. The molecule has 0 atom stereocenters. The molecule has 0 unspecified atom stereocenters. The predicted molar refractivity (Wildman–Crippen MR) is 54.4 cm³/mol. The number of likely N-dealkylation sites (N-methyl/N-ethyl adjacent to an activating group) is 1. The normalized spacial score (nSPS) is 16.6. The summed E-state index contributed by atoms with van der Waals surface area (Å²) in [5.41, 5.74) is 0.188. The SMILES string of the molecule is CN(Cc1cc(F)c(F)cc1F)C1CNC1. The second kappa shape index (κ2) is 4.43. The quantitative estimate of drug-likeness (QED) is 0.792. The minimum atomic E-state index is -1.14. The van der Waals surface area contributed by atoms with E-state index < -0.39 is 17.5 Å². The Bertz CT molecular complexity index is 391. The van der Waals surface area contributed by atoms with Crippen molar-refractivity contribution >= 4 is 0 Å². The summed E-state index contributed by atoms with van der Waals surface area (Å²) in [6.07, 6.45) is 0. The van der Waals surface area contributed by atoms with Crippen molar-refractivity contribution in [3.8, 4) is 0 Å². The highest BCUT2D eigenvalue weighted by Crippen LogP contribution is 2.16. The van der Waals surface area contributed by atoms with Gasteiger partial charge < -0.3 is 5.32 Å². The van der Waals surface area contributed by atoms with Crippen molar-refractivity contribution in [1.82, 2.24) is 10.2 Å². The molecule has 0 spiro atoms. The molecule has 0 radical (unpaired) electrons. The number of nitrogens with one attached hydrogen (secondary N) is 1. The maximum absolute atomic E-state index is 13.3. The van der Waals surface area contributed by atoms with Gasteiger partial charge in [-0.25, -0.2) is 13.2 Å². The van der Waals surface area contributed by atoms with Gasteiger partial charge in [0.15, 0.2) is 11.6 Å². The van der Waals surface area contributed by atoms with Crippen molar-refractivity contribution in [2.75, 3.05) is 20.1 Å². The minimum absolute atomic E-state index is 0.188. The number of hydrogen-bond donors (Lipinski definition) is 1. The topological polar surface area (TPSA) is 15.3 Å². The molecule has 0 saturated carbocycles. The van der Waals surface area contributed by atoms with Crippen LogP contribution in [0.5, 0.6) is 0 Å². The van der Waals surface area contributed by atoms with Crippen LogP contribution in [-0.2, 0) is 6.54 Å². The molecule has 0 amide bonds. The zero-order chi connectivity index (χ0) is 11.7. The van der Waals surface area contributed by atoms with Gasteiger partial charge in [0.2, 0.25) is 0 Å². The Labute approximate surface area is 92.1 Å². The molecule has 1 heterocycles. The summed E-state index contributed by atoms with van der Waals surface area (Å²) >= 11 is 0. The van der Waals surface area contributed by atoms with Gasteiger partial charge in [-0.05, 0) is 13.1 Å². The standard InChI is InChI=1S/C11H13F3N2/c1-16(8-4-15-5-8)6-7-2-10(13)11(14)3-9(7)12/h2-3,8,15H,4-6H2,1H3. The largest absolute Gasteiger partial charge is 0.314 e. The Morgan fingerprint density at radius 2 is 1.81 bits per heavy atom. The molecule has 0 bridgehead atoms. The molecular weight excluding hydrogens is 217 g/mol. The molecule has 1 saturated heterocycles. The Balaban J connectivity index is 2.11. The molecule has 1 fully saturated rings. The summed E-state index contributed by atoms with van der Waals surface area (Å²) in [5, 5.41) is 3.09. The van der Waals surface area contributed by atoms with E-state index in [-0.39, 0.29) is 12.1 Å². The maximum Gasteiger partial charge on any atom is 0.161 e. The fraction of sp³-hybridized carbons (Fsp3) is 0.455. The summed E-state index contributed by atoms with van der Waals surface area (Å²) in [7, 11) is 1.84. The average Bonchev–Trinajstić information content (AvgIpc) is 2.11. The lowest BCUT2D eigenvalue weighted by Gasteiger charge is -2.35. The monoisotopic (exact) mass is 230 g/mol. The predicted octanol–water partition coefficient (Wildman–Crippen LogP) is 1.51. The maximum atomic E-state index is 13.3. The van der Waals surface area contributed by atoms with Crippen molar-refractivity contribution in [2.45, 2.75) is 12.6 Å². The van der Waals surface area contributed by atoms with E-state index in [1.807, 2.05) is 11.9 Å². The van der Waals surface area contributed by atoms with E-state index in [1.54, 1.807) is 0 Å². The van der Waals surface area contributed by atoms with Gasteiger partial charge in [0, 0.05) is 37.3 Å². The molecule has 1 aromatic rings. The highest BCUT2D eigenvalue weighted by molar-refractivity contribution is 5.20. The first-order valence-corrected chi connectivity index (χ1v) is 5.12. The molecule has 0 aromatic heterocycles. The lowest BCUT2D eigenvalue weighted by Crippen LogP contribution is -2.55. The van der Waals surface area contributed by atoms with E-state index >= 15 is 0 Å². The zero-order valence-corrected chi connectivity index (χ0v) is 8.93. The smallest absolute Gasteiger partial charge is 0.161 e. The van der Waals surface area contributed by atoms with Crippen LogP contribution in [0.15, 0.2) is 12.1 Å². The van der Waals surface area contributed by atoms with Crippen LogP contribution in [0.25, 0.3) is 0 Å². The van der Waals surface area contributed by atoms with Gasteiger partial charge in [-0.15, -0.1) is 0 Å². The van der Waals surface area contributed by atoms with Crippen LogP contribution in [0.1, 0.15) is 5.56 Å². The number of hydrogen-bond acceptors (Lipinski definition) is 2. The van der Waals surface area contributed by atoms with E-state index in [2.05, 4.69) is 5.32 Å². The minimum Gasteiger partial charge on any atom is -0.314 e. The lowest BCUT2D eigenvalue weighted by atomic mass is 10.1. The van der Waals surface area contributed by atoms with Gasteiger partial charge in [0.1, 0.15) is 5.82 Å². The third-order valence-electron chi connectivity index (χ3n) is 2.89. The molecule has 1 aromatic carbocycles. The molecule has 0 aliphatic carbocycles. The van der Waals surface area contributed by atoms with Crippen LogP contribution in [0.3, 0.4) is 0 Å². The number of rotatable bonds is 3. The molecule has 88 valence electrons. The Morgan fingerprint density at radius 1 is 1.19 bits per heavy atom. The van der Waals surface area contributed by atoms with E-state index in [0.717, 1.165) is 19.2 Å². The number of halogens is 3.